The summed E-state index contributed by atoms with van der Waals surface area (Å²) in [5.41, 5.74) is 11.0. The number of benzene rings is 1. The first kappa shape index (κ1) is 9.60. The molecule has 1 radical (unpaired) electrons. The summed E-state index contributed by atoms with van der Waals surface area (Å²) in [6.07, 6.45) is 1.64. The van der Waals surface area contributed by atoms with Gasteiger partial charge in [-0.15, -0.1) is 0 Å². The van der Waals surface area contributed by atoms with Gasteiger partial charge in [0.15, 0.2) is 0 Å². The molecule has 0 aliphatic rings. The fraction of sp³-hybridized carbons (Fsp3) is 0.364. The number of rotatable bonds is 2. The van der Waals surface area contributed by atoms with Crippen LogP contribution >= 0.6 is 0 Å². The summed E-state index contributed by atoms with van der Waals surface area (Å²) in [6, 6.07) is 5.73. The molecule has 0 atom stereocenters. The minimum Gasteiger partial charge on any atom is -0.300 e. The molecule has 0 fully saturated rings. The van der Waals surface area contributed by atoms with Crippen molar-refractivity contribution >= 4 is 5.69 Å². The number of hydrogen-bond donors (Lipinski definition) is 0. The van der Waals surface area contributed by atoms with Crippen LogP contribution in [-0.4, -0.2) is 0 Å². The van der Waals surface area contributed by atoms with Gasteiger partial charge in [-0.2, -0.15) is 5.26 Å². The van der Waals surface area contributed by atoms with Gasteiger partial charge in [-0.05, 0) is 36.1 Å². The lowest BCUT2D eigenvalue weighted by Gasteiger charge is -2.07. The highest BCUT2D eigenvalue weighted by Gasteiger charge is 2.05. The molecule has 1 aromatic carbocycles. The average molecular weight is 173 g/mol. The van der Waals surface area contributed by atoms with Crippen LogP contribution in [-0.2, 0) is 12.8 Å². The lowest BCUT2D eigenvalue weighted by atomic mass is 10.0. The smallest absolute Gasteiger partial charge is 0.0991 e. The van der Waals surface area contributed by atoms with Crippen LogP contribution in [0.2, 0.25) is 0 Å². The van der Waals surface area contributed by atoms with E-state index in [9.17, 15) is 0 Å². The van der Waals surface area contributed by atoms with E-state index < -0.39 is 0 Å². The van der Waals surface area contributed by atoms with Gasteiger partial charge in [0.05, 0.1) is 17.3 Å². The summed E-state index contributed by atoms with van der Waals surface area (Å²) < 4.78 is 0. The number of nitriles is 1. The van der Waals surface area contributed by atoms with Crippen molar-refractivity contribution in [2.75, 3.05) is 0 Å². The predicted molar refractivity (Wildman–Crippen MR) is 52.7 cm³/mol. The van der Waals surface area contributed by atoms with Crippen LogP contribution in [0.1, 0.15) is 30.5 Å². The zero-order chi connectivity index (χ0) is 9.84. The SMILES string of the molecule is CCc1cc(C#N)cc(CC)c1[NH]. The maximum absolute atomic E-state index is 8.76. The molecule has 67 valence electrons. The maximum atomic E-state index is 8.76. The van der Waals surface area contributed by atoms with E-state index in [0.29, 0.717) is 11.3 Å². The summed E-state index contributed by atoms with van der Waals surface area (Å²) >= 11 is 0. The molecule has 0 unspecified atom stereocenters. The van der Waals surface area contributed by atoms with E-state index in [1.54, 1.807) is 0 Å². The number of nitrogens with one attached hydrogen (secondary N) is 1. The van der Waals surface area contributed by atoms with Gasteiger partial charge in [0.25, 0.3) is 0 Å². The molecule has 0 saturated carbocycles. The van der Waals surface area contributed by atoms with Gasteiger partial charge < -0.3 is 5.73 Å². The van der Waals surface area contributed by atoms with Crippen LogP contribution in [0.5, 0.6) is 0 Å². The van der Waals surface area contributed by atoms with Crippen molar-refractivity contribution in [1.29, 1.82) is 5.26 Å². The topological polar surface area (TPSA) is 47.6 Å². The van der Waals surface area contributed by atoms with Crippen molar-refractivity contribution in [3.63, 3.8) is 0 Å². The van der Waals surface area contributed by atoms with Crippen LogP contribution in [0, 0.1) is 11.3 Å². The molecule has 0 amide bonds. The third-order valence-electron chi connectivity index (χ3n) is 2.19. The van der Waals surface area contributed by atoms with Gasteiger partial charge in [-0.1, -0.05) is 13.8 Å². The lowest BCUT2D eigenvalue weighted by Crippen LogP contribution is -1.93. The molecular formula is C11H13N2. The first-order valence-electron chi connectivity index (χ1n) is 4.50. The molecule has 0 aliphatic carbocycles. The molecule has 1 N–H and O–H groups in total. The largest absolute Gasteiger partial charge is 0.300 e. The Morgan fingerprint density at radius 1 is 1.23 bits per heavy atom. The zero-order valence-corrected chi connectivity index (χ0v) is 8.02. The first-order valence-corrected chi connectivity index (χ1v) is 4.50. The fourth-order valence-corrected chi connectivity index (χ4v) is 1.39. The number of aryl methyl sites for hydroxylation is 2. The van der Waals surface area contributed by atoms with Crippen molar-refractivity contribution in [1.82, 2.24) is 5.73 Å². The van der Waals surface area contributed by atoms with Gasteiger partial charge in [0, 0.05) is 0 Å². The molecular weight excluding hydrogens is 160 g/mol. The molecule has 0 aromatic heterocycles. The van der Waals surface area contributed by atoms with Gasteiger partial charge in [-0.25, -0.2) is 0 Å². The molecule has 2 nitrogen and oxygen atoms in total. The second-order valence-corrected chi connectivity index (χ2v) is 2.99. The highest BCUT2D eigenvalue weighted by Crippen LogP contribution is 2.22. The van der Waals surface area contributed by atoms with E-state index in [1.165, 1.54) is 0 Å². The third-order valence-corrected chi connectivity index (χ3v) is 2.19. The Morgan fingerprint density at radius 2 is 1.69 bits per heavy atom. The van der Waals surface area contributed by atoms with Crippen LogP contribution in [0.4, 0.5) is 5.69 Å². The van der Waals surface area contributed by atoms with E-state index in [0.717, 1.165) is 24.0 Å². The average Bonchev–Trinajstić information content (AvgIpc) is 2.18. The summed E-state index contributed by atoms with van der Waals surface area (Å²) in [5.74, 6) is 0. The predicted octanol–water partition coefficient (Wildman–Crippen LogP) is 2.60. The molecule has 1 rings (SSSR count). The summed E-state index contributed by atoms with van der Waals surface area (Å²) in [6.45, 7) is 4.02. The Balaban J connectivity index is 3.30. The Hall–Kier alpha value is -1.49. The van der Waals surface area contributed by atoms with Gasteiger partial charge in [0.1, 0.15) is 0 Å². The molecule has 2 heteroatoms. The standard InChI is InChI=1S/C11H13N2/c1-3-9-5-8(7-12)6-10(4-2)11(9)13/h5-6,13H,3-4H2,1-2H3. The van der Waals surface area contributed by atoms with Crippen LogP contribution in [0.15, 0.2) is 12.1 Å². The zero-order valence-electron chi connectivity index (χ0n) is 8.02. The van der Waals surface area contributed by atoms with E-state index in [1.807, 2.05) is 26.0 Å². The van der Waals surface area contributed by atoms with E-state index in [4.69, 9.17) is 11.0 Å². The van der Waals surface area contributed by atoms with Gasteiger partial charge >= 0.3 is 0 Å². The molecule has 0 bridgehead atoms. The van der Waals surface area contributed by atoms with Crippen molar-refractivity contribution < 1.29 is 0 Å². The lowest BCUT2D eigenvalue weighted by molar-refractivity contribution is 1.07. The number of hydrogen-bond acceptors (Lipinski definition) is 1. The molecule has 0 spiro atoms. The van der Waals surface area contributed by atoms with Crippen LogP contribution in [0.3, 0.4) is 0 Å². The normalized spacial score (nSPS) is 9.62. The Labute approximate surface area is 79.0 Å². The van der Waals surface area contributed by atoms with Crippen molar-refractivity contribution in [2.24, 2.45) is 0 Å². The second kappa shape index (κ2) is 3.95. The molecule has 0 aliphatic heterocycles. The molecule has 0 saturated heterocycles. The summed E-state index contributed by atoms with van der Waals surface area (Å²) in [7, 11) is 0. The summed E-state index contributed by atoms with van der Waals surface area (Å²) in [5, 5.41) is 8.76. The minimum atomic E-state index is 0.601. The van der Waals surface area contributed by atoms with E-state index >= 15 is 0 Å². The Kier molecular flexibility index (Phi) is 2.92. The van der Waals surface area contributed by atoms with Crippen LogP contribution < -0.4 is 5.73 Å². The fourth-order valence-electron chi connectivity index (χ4n) is 1.39. The quantitative estimate of drug-likeness (QED) is 0.678. The highest BCUT2D eigenvalue weighted by atomic mass is 14.6. The minimum absolute atomic E-state index is 0.601. The summed E-state index contributed by atoms with van der Waals surface area (Å²) in [4.78, 5) is 0. The molecule has 0 heterocycles. The van der Waals surface area contributed by atoms with Crippen molar-refractivity contribution in [2.45, 2.75) is 26.7 Å². The molecule has 1 aromatic rings. The second-order valence-electron chi connectivity index (χ2n) is 2.99. The Bertz CT molecular complexity index is 323. The first-order chi connectivity index (χ1) is 6.22. The molecule has 13 heavy (non-hydrogen) atoms. The van der Waals surface area contributed by atoms with Crippen molar-refractivity contribution in [3.05, 3.63) is 28.8 Å². The third kappa shape index (κ3) is 1.81. The van der Waals surface area contributed by atoms with E-state index in [-0.39, 0.29) is 0 Å². The van der Waals surface area contributed by atoms with E-state index in [2.05, 4.69) is 6.07 Å². The van der Waals surface area contributed by atoms with Gasteiger partial charge in [-0.3, -0.25) is 0 Å². The monoisotopic (exact) mass is 173 g/mol. The van der Waals surface area contributed by atoms with Crippen LogP contribution in [0.25, 0.3) is 0 Å². The van der Waals surface area contributed by atoms with Gasteiger partial charge in [0.2, 0.25) is 0 Å². The van der Waals surface area contributed by atoms with Crippen molar-refractivity contribution in [3.8, 4) is 6.07 Å². The number of nitrogens with zero attached hydrogens (tertiary/aromatic N) is 1. The highest BCUT2D eigenvalue weighted by molar-refractivity contribution is 5.55. The Morgan fingerprint density at radius 3 is 2.00 bits per heavy atom. The maximum Gasteiger partial charge on any atom is 0.0991 e.